The van der Waals surface area contributed by atoms with Crippen LogP contribution in [0.4, 0.5) is 16.0 Å². The van der Waals surface area contributed by atoms with Crippen LogP contribution in [0, 0.1) is 26.6 Å². The first kappa shape index (κ1) is 14.2. The van der Waals surface area contributed by atoms with Crippen LogP contribution in [-0.4, -0.2) is 9.97 Å². The van der Waals surface area contributed by atoms with Crippen molar-refractivity contribution in [3.8, 4) is 0 Å². The predicted molar refractivity (Wildman–Crippen MR) is 77.8 cm³/mol. The number of rotatable bonds is 4. The minimum atomic E-state index is -0.151. The molecular weight excluding hydrogens is 257 g/mol. The van der Waals surface area contributed by atoms with Gasteiger partial charge in [0.05, 0.1) is 0 Å². The van der Waals surface area contributed by atoms with Crippen LogP contribution in [0.25, 0.3) is 0 Å². The number of hydrazine groups is 1. The number of aromatic nitrogens is 2. The van der Waals surface area contributed by atoms with Gasteiger partial charge in [-0.25, -0.2) is 20.2 Å². The first-order valence-electron chi connectivity index (χ1n) is 6.30. The highest BCUT2D eigenvalue weighted by Crippen LogP contribution is 2.19. The standard InChI is InChI=1S/C14H18FN5/c1-8-4-11(5-9(2)12(8)15)6-17-13-10(3)14(20-16)19-7-18-13/h4-5,7H,6,16H2,1-3H3,(H2,17,18,19,20). The molecule has 0 fully saturated rings. The topological polar surface area (TPSA) is 75.9 Å². The Bertz CT molecular complexity index is 604. The molecule has 2 aromatic rings. The Kier molecular flexibility index (Phi) is 4.14. The molecule has 1 aromatic heterocycles. The molecule has 6 heteroatoms. The maximum atomic E-state index is 13.6. The van der Waals surface area contributed by atoms with E-state index in [9.17, 15) is 4.39 Å². The van der Waals surface area contributed by atoms with Gasteiger partial charge in [-0.3, -0.25) is 0 Å². The molecule has 4 N–H and O–H groups in total. The number of nitrogens with one attached hydrogen (secondary N) is 2. The highest BCUT2D eigenvalue weighted by atomic mass is 19.1. The number of aryl methyl sites for hydroxylation is 2. The first-order chi connectivity index (χ1) is 9.52. The molecule has 1 heterocycles. The smallest absolute Gasteiger partial charge is 0.148 e. The van der Waals surface area contributed by atoms with Crippen molar-refractivity contribution in [2.75, 3.05) is 10.7 Å². The number of hydrogen-bond donors (Lipinski definition) is 3. The SMILES string of the molecule is Cc1cc(CNc2ncnc(NN)c2C)cc(C)c1F. The van der Waals surface area contributed by atoms with E-state index in [0.29, 0.717) is 29.3 Å². The van der Waals surface area contributed by atoms with E-state index in [-0.39, 0.29) is 5.82 Å². The summed E-state index contributed by atoms with van der Waals surface area (Å²) < 4.78 is 13.6. The number of hydrogen-bond acceptors (Lipinski definition) is 5. The quantitative estimate of drug-likeness (QED) is 0.590. The molecular formula is C14H18FN5. The van der Waals surface area contributed by atoms with Gasteiger partial charge < -0.3 is 10.7 Å². The van der Waals surface area contributed by atoms with Gasteiger partial charge in [0.2, 0.25) is 0 Å². The van der Waals surface area contributed by atoms with Gasteiger partial charge in [-0.1, -0.05) is 12.1 Å². The summed E-state index contributed by atoms with van der Waals surface area (Å²) in [6.07, 6.45) is 1.44. The largest absolute Gasteiger partial charge is 0.366 e. The molecule has 0 bridgehead atoms. The fraction of sp³-hybridized carbons (Fsp3) is 0.286. The van der Waals surface area contributed by atoms with Crippen molar-refractivity contribution in [2.45, 2.75) is 27.3 Å². The normalized spacial score (nSPS) is 10.4. The summed E-state index contributed by atoms with van der Waals surface area (Å²) in [5.74, 6) is 6.50. The molecule has 0 aliphatic carbocycles. The van der Waals surface area contributed by atoms with E-state index in [4.69, 9.17) is 5.84 Å². The lowest BCUT2D eigenvalue weighted by Crippen LogP contribution is -2.12. The second-order valence-electron chi connectivity index (χ2n) is 4.74. The molecule has 0 saturated heterocycles. The fourth-order valence-electron chi connectivity index (χ4n) is 2.10. The van der Waals surface area contributed by atoms with Crippen LogP contribution >= 0.6 is 0 Å². The van der Waals surface area contributed by atoms with Crippen molar-refractivity contribution < 1.29 is 4.39 Å². The van der Waals surface area contributed by atoms with Crippen LogP contribution in [-0.2, 0) is 6.54 Å². The molecule has 0 radical (unpaired) electrons. The Labute approximate surface area is 117 Å². The van der Waals surface area contributed by atoms with Crippen LogP contribution in [0.1, 0.15) is 22.3 Å². The van der Waals surface area contributed by atoms with Crippen molar-refractivity contribution >= 4 is 11.6 Å². The van der Waals surface area contributed by atoms with Gasteiger partial charge in [-0.2, -0.15) is 0 Å². The summed E-state index contributed by atoms with van der Waals surface area (Å²) in [7, 11) is 0. The van der Waals surface area contributed by atoms with Crippen molar-refractivity contribution in [1.29, 1.82) is 0 Å². The van der Waals surface area contributed by atoms with E-state index in [1.54, 1.807) is 13.8 Å². The van der Waals surface area contributed by atoms with Crippen molar-refractivity contribution in [2.24, 2.45) is 5.84 Å². The van der Waals surface area contributed by atoms with E-state index in [0.717, 1.165) is 11.1 Å². The lowest BCUT2D eigenvalue weighted by molar-refractivity contribution is 0.608. The molecule has 5 nitrogen and oxygen atoms in total. The number of halogens is 1. The molecule has 0 saturated carbocycles. The monoisotopic (exact) mass is 275 g/mol. The molecule has 0 aliphatic heterocycles. The first-order valence-corrected chi connectivity index (χ1v) is 6.30. The van der Waals surface area contributed by atoms with E-state index < -0.39 is 0 Å². The summed E-state index contributed by atoms with van der Waals surface area (Å²) in [4.78, 5) is 8.19. The van der Waals surface area contributed by atoms with Gasteiger partial charge in [-0.15, -0.1) is 0 Å². The molecule has 0 aliphatic rings. The van der Waals surface area contributed by atoms with Crippen molar-refractivity contribution in [1.82, 2.24) is 9.97 Å². The number of anilines is 2. The Hall–Kier alpha value is -2.21. The van der Waals surface area contributed by atoms with E-state index in [1.807, 2.05) is 19.1 Å². The molecule has 0 unspecified atom stereocenters. The number of nitrogen functional groups attached to an aromatic ring is 1. The van der Waals surface area contributed by atoms with E-state index in [2.05, 4.69) is 20.7 Å². The third kappa shape index (κ3) is 2.85. The fourth-order valence-corrected chi connectivity index (χ4v) is 2.10. The van der Waals surface area contributed by atoms with Crippen molar-refractivity contribution in [3.63, 3.8) is 0 Å². The van der Waals surface area contributed by atoms with Gasteiger partial charge in [0.25, 0.3) is 0 Å². The Morgan fingerprint density at radius 2 is 1.70 bits per heavy atom. The summed E-state index contributed by atoms with van der Waals surface area (Å²) in [6, 6.07) is 3.65. The number of nitrogens with two attached hydrogens (primary N) is 1. The molecule has 0 amide bonds. The summed E-state index contributed by atoms with van der Waals surface area (Å²) in [6.45, 7) is 5.96. The van der Waals surface area contributed by atoms with Crippen LogP contribution in [0.3, 0.4) is 0 Å². The predicted octanol–water partition coefficient (Wildman–Crippen LogP) is 2.44. The molecule has 106 valence electrons. The molecule has 0 atom stereocenters. The van der Waals surface area contributed by atoms with Crippen molar-refractivity contribution in [3.05, 3.63) is 46.5 Å². The summed E-state index contributed by atoms with van der Waals surface area (Å²) in [5.41, 5.74) is 5.65. The Morgan fingerprint density at radius 1 is 1.10 bits per heavy atom. The lowest BCUT2D eigenvalue weighted by atomic mass is 10.1. The zero-order valence-corrected chi connectivity index (χ0v) is 11.8. The molecule has 2 rings (SSSR count). The zero-order valence-electron chi connectivity index (χ0n) is 11.8. The molecule has 20 heavy (non-hydrogen) atoms. The minimum Gasteiger partial charge on any atom is -0.366 e. The summed E-state index contributed by atoms with van der Waals surface area (Å²) in [5, 5.41) is 3.21. The number of nitrogens with zero attached hydrogens (tertiary/aromatic N) is 2. The van der Waals surface area contributed by atoms with Crippen LogP contribution in [0.15, 0.2) is 18.5 Å². The third-order valence-corrected chi connectivity index (χ3v) is 3.18. The van der Waals surface area contributed by atoms with Gasteiger partial charge in [0.1, 0.15) is 23.8 Å². The average Bonchev–Trinajstić information content (AvgIpc) is 2.43. The number of benzene rings is 1. The Balaban J connectivity index is 2.17. The minimum absolute atomic E-state index is 0.151. The van der Waals surface area contributed by atoms with Crippen LogP contribution < -0.4 is 16.6 Å². The maximum Gasteiger partial charge on any atom is 0.148 e. The van der Waals surface area contributed by atoms with Gasteiger partial charge in [-0.05, 0) is 37.5 Å². The molecule has 0 spiro atoms. The van der Waals surface area contributed by atoms with Crippen LogP contribution in [0.2, 0.25) is 0 Å². The summed E-state index contributed by atoms with van der Waals surface area (Å²) >= 11 is 0. The average molecular weight is 275 g/mol. The van der Waals surface area contributed by atoms with E-state index in [1.165, 1.54) is 6.33 Å². The molecule has 1 aromatic carbocycles. The maximum absolute atomic E-state index is 13.6. The van der Waals surface area contributed by atoms with Crippen LogP contribution in [0.5, 0.6) is 0 Å². The van der Waals surface area contributed by atoms with Gasteiger partial charge in [0.15, 0.2) is 0 Å². The van der Waals surface area contributed by atoms with Gasteiger partial charge >= 0.3 is 0 Å². The Morgan fingerprint density at radius 3 is 2.30 bits per heavy atom. The van der Waals surface area contributed by atoms with E-state index >= 15 is 0 Å². The third-order valence-electron chi connectivity index (χ3n) is 3.18. The second-order valence-corrected chi connectivity index (χ2v) is 4.74. The highest BCUT2D eigenvalue weighted by molar-refractivity contribution is 5.56. The second kappa shape index (κ2) is 5.83. The highest BCUT2D eigenvalue weighted by Gasteiger charge is 2.07. The zero-order chi connectivity index (χ0) is 14.7. The van der Waals surface area contributed by atoms with Gasteiger partial charge in [0, 0.05) is 12.1 Å². The lowest BCUT2D eigenvalue weighted by Gasteiger charge is -2.12.